The number of aromatic nitrogens is 2. The number of alkyl carbamates (subject to hydrolysis) is 1. The van der Waals surface area contributed by atoms with Crippen LogP contribution >= 0.6 is 0 Å². The molecule has 1 saturated heterocycles. The summed E-state index contributed by atoms with van der Waals surface area (Å²) in [5.74, 6) is -0.538. The first kappa shape index (κ1) is 35.7. The summed E-state index contributed by atoms with van der Waals surface area (Å²) in [7, 11) is 0. The van der Waals surface area contributed by atoms with Crippen LogP contribution in [0.2, 0.25) is 0 Å². The number of rotatable bonds is 9. The van der Waals surface area contributed by atoms with Gasteiger partial charge in [0.1, 0.15) is 12.2 Å². The van der Waals surface area contributed by atoms with E-state index in [9.17, 15) is 14.4 Å². The molecule has 0 bridgehead atoms. The van der Waals surface area contributed by atoms with Gasteiger partial charge in [-0.15, -0.1) is 5.53 Å². The van der Waals surface area contributed by atoms with Crippen LogP contribution in [0, 0.1) is 5.92 Å². The van der Waals surface area contributed by atoms with Gasteiger partial charge < -0.3 is 30.4 Å². The van der Waals surface area contributed by atoms with Crippen LogP contribution in [0.15, 0.2) is 92.0 Å². The van der Waals surface area contributed by atoms with Gasteiger partial charge in [0.05, 0.1) is 40.9 Å². The van der Waals surface area contributed by atoms with Crippen LogP contribution in [-0.4, -0.2) is 63.8 Å². The third-order valence-corrected chi connectivity index (χ3v) is 8.59. The highest BCUT2D eigenvalue weighted by Crippen LogP contribution is 2.33. The van der Waals surface area contributed by atoms with Gasteiger partial charge in [-0.3, -0.25) is 20.1 Å². The molecule has 270 valence electrons. The number of carbonyl (C=O) groups excluding carboxylic acids is 3. The molecule has 2 aliphatic rings. The van der Waals surface area contributed by atoms with Gasteiger partial charge in [0.25, 0.3) is 5.91 Å². The van der Waals surface area contributed by atoms with Crippen molar-refractivity contribution in [2.24, 2.45) is 5.92 Å². The summed E-state index contributed by atoms with van der Waals surface area (Å²) in [5.41, 5.74) is 8.89. The van der Waals surface area contributed by atoms with Gasteiger partial charge in [-0.25, -0.2) is 14.6 Å². The van der Waals surface area contributed by atoms with E-state index < -0.39 is 23.7 Å². The van der Waals surface area contributed by atoms with E-state index in [0.29, 0.717) is 35.4 Å². The Labute approximate surface area is 302 Å². The second kappa shape index (κ2) is 15.4. The van der Waals surface area contributed by atoms with E-state index in [-0.39, 0.29) is 36.0 Å². The first-order chi connectivity index (χ1) is 25.0. The molecule has 14 nitrogen and oxygen atoms in total. The number of nitrogens with zero attached hydrogens (tertiary/aromatic N) is 4. The van der Waals surface area contributed by atoms with Crippen LogP contribution in [-0.2, 0) is 16.1 Å². The number of anilines is 3. The van der Waals surface area contributed by atoms with Crippen molar-refractivity contribution in [1.29, 1.82) is 0 Å². The summed E-state index contributed by atoms with van der Waals surface area (Å²) < 4.78 is 11.1. The number of hydrazine groups is 2. The maximum absolute atomic E-state index is 14.1. The van der Waals surface area contributed by atoms with Gasteiger partial charge in [-0.1, -0.05) is 62.0 Å². The fourth-order valence-corrected chi connectivity index (χ4v) is 6.36. The number of benzene rings is 2. The number of piperidine rings is 1. The van der Waals surface area contributed by atoms with Crippen LogP contribution in [0.4, 0.5) is 26.7 Å². The van der Waals surface area contributed by atoms with E-state index in [4.69, 9.17) is 9.47 Å². The molecule has 3 amide bonds. The Morgan fingerprint density at radius 1 is 1.02 bits per heavy atom. The SMILES string of the molecule is C=Cc1ccc2cc(NC(=O)OCc3ccccc3)c(C(=O)Nc3cnccc3N3C[C@H](C)[C@H](N4C=CNN4)[C@H](NC(=O)OC(C)(C)C)C3)nc2c1. The molecule has 0 aliphatic carbocycles. The highest BCUT2D eigenvalue weighted by molar-refractivity contribution is 6.11. The Morgan fingerprint density at radius 2 is 1.83 bits per heavy atom. The highest BCUT2D eigenvalue weighted by atomic mass is 16.6. The fourth-order valence-electron chi connectivity index (χ4n) is 6.36. The monoisotopic (exact) mass is 705 g/mol. The number of hydrogen-bond donors (Lipinski definition) is 5. The van der Waals surface area contributed by atoms with Crippen molar-refractivity contribution in [1.82, 2.24) is 31.3 Å². The van der Waals surface area contributed by atoms with E-state index in [1.165, 1.54) is 0 Å². The molecule has 0 spiro atoms. The van der Waals surface area contributed by atoms with Crippen molar-refractivity contribution in [3.63, 3.8) is 0 Å². The molecule has 1 fully saturated rings. The lowest BCUT2D eigenvalue weighted by molar-refractivity contribution is 0.0404. The molecule has 2 aliphatic heterocycles. The van der Waals surface area contributed by atoms with Gasteiger partial charge in [0, 0.05) is 37.1 Å². The minimum Gasteiger partial charge on any atom is -0.444 e. The van der Waals surface area contributed by atoms with Crippen molar-refractivity contribution >= 4 is 52.1 Å². The van der Waals surface area contributed by atoms with Crippen LogP contribution in [0.3, 0.4) is 0 Å². The largest absolute Gasteiger partial charge is 0.444 e. The Morgan fingerprint density at radius 3 is 2.56 bits per heavy atom. The molecule has 2 aromatic carbocycles. The third kappa shape index (κ3) is 8.58. The summed E-state index contributed by atoms with van der Waals surface area (Å²) in [6.07, 6.45) is 7.31. The molecule has 4 heterocycles. The summed E-state index contributed by atoms with van der Waals surface area (Å²) in [6, 6.07) is 17.8. The molecular formula is C38H43N9O5. The smallest absolute Gasteiger partial charge is 0.412 e. The zero-order valence-corrected chi connectivity index (χ0v) is 29.6. The van der Waals surface area contributed by atoms with Crippen molar-refractivity contribution < 1.29 is 23.9 Å². The molecule has 5 N–H and O–H groups in total. The second-order valence-corrected chi connectivity index (χ2v) is 13.7. The normalized spacial score (nSPS) is 18.3. The number of pyridine rings is 2. The number of amides is 3. The summed E-state index contributed by atoms with van der Waals surface area (Å²) in [5, 5.41) is 11.4. The molecule has 0 saturated carbocycles. The molecule has 14 heteroatoms. The van der Waals surface area contributed by atoms with Crippen LogP contribution < -0.4 is 31.8 Å². The summed E-state index contributed by atoms with van der Waals surface area (Å²) >= 11 is 0. The molecule has 0 unspecified atom stereocenters. The summed E-state index contributed by atoms with van der Waals surface area (Å²) in [4.78, 5) is 51.2. The molecule has 2 aromatic heterocycles. The molecule has 0 radical (unpaired) electrons. The number of ether oxygens (including phenoxy) is 2. The Balaban J connectivity index is 1.27. The topological polar surface area (TPSA) is 162 Å². The predicted molar refractivity (Wildman–Crippen MR) is 200 cm³/mol. The van der Waals surface area contributed by atoms with Crippen LogP contribution in [0.5, 0.6) is 0 Å². The zero-order chi connectivity index (χ0) is 36.8. The maximum Gasteiger partial charge on any atom is 0.412 e. The van der Waals surface area contributed by atoms with Crippen molar-refractivity contribution in [2.75, 3.05) is 28.6 Å². The lowest BCUT2D eigenvalue weighted by Crippen LogP contribution is -2.65. The van der Waals surface area contributed by atoms with E-state index in [1.807, 2.05) is 86.6 Å². The number of fused-ring (bicyclic) bond motifs is 1. The highest BCUT2D eigenvalue weighted by Gasteiger charge is 2.40. The van der Waals surface area contributed by atoms with E-state index in [2.05, 4.69) is 55.3 Å². The van der Waals surface area contributed by atoms with Gasteiger partial charge in [-0.2, -0.15) is 0 Å². The molecular weight excluding hydrogens is 662 g/mol. The molecule has 4 aromatic rings. The fraction of sp³-hybridized carbons (Fsp3) is 0.289. The van der Waals surface area contributed by atoms with Gasteiger partial charge >= 0.3 is 12.2 Å². The first-order valence-electron chi connectivity index (χ1n) is 17.0. The van der Waals surface area contributed by atoms with E-state index in [1.54, 1.807) is 30.7 Å². The Hall–Kier alpha value is -6.15. The molecule has 6 rings (SSSR count). The van der Waals surface area contributed by atoms with Gasteiger partial charge in [0.15, 0.2) is 5.69 Å². The quantitative estimate of drug-likeness (QED) is 0.143. The van der Waals surface area contributed by atoms with Crippen LogP contribution in [0.25, 0.3) is 17.0 Å². The number of hydrogen-bond acceptors (Lipinski definition) is 11. The van der Waals surface area contributed by atoms with Crippen molar-refractivity contribution in [3.05, 3.63) is 109 Å². The molecule has 3 atom stereocenters. The van der Waals surface area contributed by atoms with Gasteiger partial charge in [-0.05, 0) is 56.0 Å². The minimum absolute atomic E-state index is 0.0175. The second-order valence-electron chi connectivity index (χ2n) is 13.7. The first-order valence-corrected chi connectivity index (χ1v) is 17.0. The van der Waals surface area contributed by atoms with Gasteiger partial charge in [0.2, 0.25) is 0 Å². The summed E-state index contributed by atoms with van der Waals surface area (Å²) in [6.45, 7) is 12.4. The van der Waals surface area contributed by atoms with E-state index in [0.717, 1.165) is 11.1 Å². The standard InChI is InChI=1S/C38H43N9O5/c1-6-25-12-13-27-19-29(43-36(49)51-23-26-10-8-7-9-11-26)33(41-28(27)18-25)35(48)42-30-20-39-15-14-32(30)46-21-24(2)34(47-17-16-40-45-47)31(22-46)44-37(50)52-38(3,4)5/h6-20,24,31,34,40,45H,1,21-23H2,2-5H3,(H,42,48)(H,43,49)(H,44,50)/t24-,31+,34-/m0/s1. The predicted octanol–water partition coefficient (Wildman–Crippen LogP) is 5.79. The molecule has 52 heavy (non-hydrogen) atoms. The zero-order valence-electron chi connectivity index (χ0n) is 29.6. The lowest BCUT2D eigenvalue weighted by Gasteiger charge is -2.47. The number of nitrogens with one attached hydrogen (secondary N) is 5. The minimum atomic E-state index is -0.734. The third-order valence-electron chi connectivity index (χ3n) is 8.59. The lowest BCUT2D eigenvalue weighted by atomic mass is 9.88. The van der Waals surface area contributed by atoms with Crippen LogP contribution in [0.1, 0.15) is 49.3 Å². The number of carbonyl (C=O) groups is 3. The average Bonchev–Trinajstić information content (AvgIpc) is 3.64. The maximum atomic E-state index is 14.1. The average molecular weight is 706 g/mol. The van der Waals surface area contributed by atoms with Crippen molar-refractivity contribution in [3.8, 4) is 0 Å². The van der Waals surface area contributed by atoms with E-state index >= 15 is 0 Å². The van der Waals surface area contributed by atoms with Crippen molar-refractivity contribution in [2.45, 2.75) is 52.0 Å². The Bertz CT molecular complexity index is 1980. The Kier molecular flexibility index (Phi) is 10.6.